The number of pyridine rings is 1. The fourth-order valence-corrected chi connectivity index (χ4v) is 3.43. The van der Waals surface area contributed by atoms with E-state index >= 15 is 0 Å². The van der Waals surface area contributed by atoms with Crippen molar-refractivity contribution in [2.45, 2.75) is 17.7 Å². The van der Waals surface area contributed by atoms with E-state index in [-0.39, 0.29) is 10.0 Å². The van der Waals surface area contributed by atoms with Crippen molar-refractivity contribution in [2.24, 2.45) is 0 Å². The number of nitrogens with zero attached hydrogens (tertiary/aromatic N) is 1. The molecule has 2 aromatic rings. The van der Waals surface area contributed by atoms with Gasteiger partial charge in [0.2, 0.25) is 10.0 Å². The fourth-order valence-electron chi connectivity index (χ4n) is 1.78. The van der Waals surface area contributed by atoms with E-state index in [0.29, 0.717) is 11.0 Å². The monoisotopic (exact) mass is 388 g/mol. The van der Waals surface area contributed by atoms with Gasteiger partial charge in [-0.05, 0) is 40.4 Å². The van der Waals surface area contributed by atoms with Crippen LogP contribution in [0.2, 0.25) is 5.15 Å². The molecular weight excluding hydrogens is 376 g/mol. The largest absolute Gasteiger partial charge is 0.242 e. The van der Waals surface area contributed by atoms with Crippen LogP contribution in [0.15, 0.2) is 52.0 Å². The van der Waals surface area contributed by atoms with Crippen molar-refractivity contribution < 1.29 is 8.42 Å². The number of benzene rings is 1. The maximum Gasteiger partial charge on any atom is 0.242 e. The van der Waals surface area contributed by atoms with Crippen LogP contribution >= 0.6 is 27.5 Å². The summed E-state index contributed by atoms with van der Waals surface area (Å²) in [6, 6.07) is 11.4. The summed E-state index contributed by atoms with van der Waals surface area (Å²) >= 11 is 8.92. The number of aryl methyl sites for hydroxylation is 1. The zero-order valence-electron chi connectivity index (χ0n) is 11.1. The number of halogens is 2. The molecule has 7 heteroatoms. The van der Waals surface area contributed by atoms with Crippen LogP contribution in [0.25, 0.3) is 0 Å². The lowest BCUT2D eigenvalue weighted by atomic mass is 10.1. The number of rotatable bonds is 6. The molecule has 0 aliphatic heterocycles. The molecule has 0 aliphatic rings. The molecule has 0 radical (unpaired) electrons. The average Bonchev–Trinajstić information content (AvgIpc) is 2.47. The maximum absolute atomic E-state index is 12.1. The van der Waals surface area contributed by atoms with E-state index in [1.807, 2.05) is 30.3 Å². The molecule has 0 bridgehead atoms. The lowest BCUT2D eigenvalue weighted by Gasteiger charge is -2.07. The van der Waals surface area contributed by atoms with Crippen molar-refractivity contribution in [1.82, 2.24) is 9.71 Å². The third-order valence-corrected chi connectivity index (χ3v) is 5.42. The second kappa shape index (κ2) is 7.35. The second-order valence-corrected chi connectivity index (χ2v) is 7.41. The van der Waals surface area contributed by atoms with Gasteiger partial charge in [0, 0.05) is 12.7 Å². The molecule has 0 atom stereocenters. The topological polar surface area (TPSA) is 59.1 Å². The van der Waals surface area contributed by atoms with Crippen LogP contribution in [0.4, 0.5) is 0 Å². The lowest BCUT2D eigenvalue weighted by molar-refractivity contribution is 0.578. The van der Waals surface area contributed by atoms with Gasteiger partial charge in [0.25, 0.3) is 0 Å². The highest BCUT2D eigenvalue weighted by Crippen LogP contribution is 2.22. The summed E-state index contributed by atoms with van der Waals surface area (Å²) in [5, 5.41) is 0.234. The second-order valence-electron chi connectivity index (χ2n) is 4.43. The standard InChI is InChI=1S/C14H14BrClN2O2S/c15-13-9-12(10-17-14(13)16)21(19,20)18-8-4-7-11-5-2-1-3-6-11/h1-3,5-6,9-10,18H,4,7-8H2. The summed E-state index contributed by atoms with van der Waals surface area (Å²) in [5.41, 5.74) is 1.19. The first-order chi connectivity index (χ1) is 9.99. The Morgan fingerprint density at radius 2 is 1.95 bits per heavy atom. The molecule has 2 rings (SSSR count). The molecule has 0 amide bonds. The van der Waals surface area contributed by atoms with E-state index in [1.54, 1.807) is 0 Å². The number of hydrogen-bond acceptors (Lipinski definition) is 3. The summed E-state index contributed by atoms with van der Waals surface area (Å²) in [6.07, 6.45) is 2.80. The summed E-state index contributed by atoms with van der Waals surface area (Å²) in [6.45, 7) is 0.372. The molecule has 1 heterocycles. The molecule has 1 N–H and O–H groups in total. The van der Waals surface area contributed by atoms with Crippen LogP contribution in [-0.4, -0.2) is 19.9 Å². The molecule has 0 saturated heterocycles. The van der Waals surface area contributed by atoms with Crippen LogP contribution in [-0.2, 0) is 16.4 Å². The van der Waals surface area contributed by atoms with Gasteiger partial charge in [0.1, 0.15) is 10.0 Å². The van der Waals surface area contributed by atoms with Crippen LogP contribution in [0.1, 0.15) is 12.0 Å². The van der Waals surface area contributed by atoms with Gasteiger partial charge in [0.15, 0.2) is 0 Å². The normalized spacial score (nSPS) is 11.5. The van der Waals surface area contributed by atoms with Gasteiger partial charge in [-0.2, -0.15) is 0 Å². The Balaban J connectivity index is 1.91. The van der Waals surface area contributed by atoms with Gasteiger partial charge in [-0.3, -0.25) is 0 Å². The number of sulfonamides is 1. The number of nitrogens with one attached hydrogen (secondary N) is 1. The third-order valence-electron chi connectivity index (χ3n) is 2.86. The van der Waals surface area contributed by atoms with Gasteiger partial charge < -0.3 is 0 Å². The molecule has 1 aromatic heterocycles. The quantitative estimate of drug-likeness (QED) is 0.608. The Morgan fingerprint density at radius 1 is 1.24 bits per heavy atom. The van der Waals surface area contributed by atoms with Gasteiger partial charge >= 0.3 is 0 Å². The fraction of sp³-hybridized carbons (Fsp3) is 0.214. The van der Waals surface area contributed by atoms with E-state index in [9.17, 15) is 8.42 Å². The third kappa shape index (κ3) is 4.78. The summed E-state index contributed by atoms with van der Waals surface area (Å²) in [7, 11) is -3.56. The van der Waals surface area contributed by atoms with Crippen molar-refractivity contribution in [2.75, 3.05) is 6.54 Å². The number of aromatic nitrogens is 1. The van der Waals surface area contributed by atoms with Crippen LogP contribution in [0, 0.1) is 0 Å². The van der Waals surface area contributed by atoms with Crippen molar-refractivity contribution in [1.29, 1.82) is 0 Å². The van der Waals surface area contributed by atoms with Gasteiger partial charge in [-0.1, -0.05) is 41.9 Å². The summed E-state index contributed by atoms with van der Waals surface area (Å²) in [5.74, 6) is 0. The minimum Gasteiger partial charge on any atom is -0.242 e. The Hall–Kier alpha value is -0.950. The smallest absolute Gasteiger partial charge is 0.242 e. The molecule has 1 aromatic carbocycles. The maximum atomic E-state index is 12.1. The minimum absolute atomic E-state index is 0.0958. The molecule has 21 heavy (non-hydrogen) atoms. The predicted molar refractivity (Wildman–Crippen MR) is 86.9 cm³/mol. The molecule has 4 nitrogen and oxygen atoms in total. The highest BCUT2D eigenvalue weighted by Gasteiger charge is 2.15. The molecule has 112 valence electrons. The molecule has 0 fully saturated rings. The Kier molecular flexibility index (Phi) is 5.75. The Morgan fingerprint density at radius 3 is 2.62 bits per heavy atom. The zero-order chi connectivity index (χ0) is 15.3. The molecule has 0 unspecified atom stereocenters. The first kappa shape index (κ1) is 16.4. The van der Waals surface area contributed by atoms with Crippen molar-refractivity contribution >= 4 is 37.6 Å². The minimum atomic E-state index is -3.56. The molecule has 0 spiro atoms. The van der Waals surface area contributed by atoms with E-state index in [0.717, 1.165) is 12.8 Å². The Labute approximate surface area is 137 Å². The van der Waals surface area contributed by atoms with Crippen LogP contribution < -0.4 is 4.72 Å². The van der Waals surface area contributed by atoms with Gasteiger partial charge in [-0.15, -0.1) is 0 Å². The molecular formula is C14H14BrClN2O2S. The average molecular weight is 390 g/mol. The predicted octanol–water partition coefficient (Wildman–Crippen LogP) is 3.41. The van der Waals surface area contributed by atoms with Gasteiger partial charge in [0.05, 0.1) is 4.47 Å². The lowest BCUT2D eigenvalue weighted by Crippen LogP contribution is -2.25. The van der Waals surface area contributed by atoms with E-state index in [2.05, 4.69) is 25.6 Å². The van der Waals surface area contributed by atoms with Gasteiger partial charge in [-0.25, -0.2) is 18.1 Å². The molecule has 0 aliphatic carbocycles. The van der Waals surface area contributed by atoms with E-state index < -0.39 is 10.0 Å². The number of hydrogen-bond donors (Lipinski definition) is 1. The SMILES string of the molecule is O=S(=O)(NCCCc1ccccc1)c1cnc(Cl)c(Br)c1. The zero-order valence-corrected chi connectivity index (χ0v) is 14.2. The van der Waals surface area contributed by atoms with Crippen molar-refractivity contribution in [3.63, 3.8) is 0 Å². The first-order valence-corrected chi connectivity index (χ1v) is 8.99. The molecule has 0 saturated carbocycles. The van der Waals surface area contributed by atoms with Crippen LogP contribution in [0.3, 0.4) is 0 Å². The van der Waals surface area contributed by atoms with Crippen molar-refractivity contribution in [3.05, 3.63) is 57.8 Å². The van der Waals surface area contributed by atoms with E-state index in [4.69, 9.17) is 11.6 Å². The first-order valence-electron chi connectivity index (χ1n) is 6.34. The highest BCUT2D eigenvalue weighted by atomic mass is 79.9. The van der Waals surface area contributed by atoms with Crippen molar-refractivity contribution in [3.8, 4) is 0 Å². The summed E-state index contributed by atoms with van der Waals surface area (Å²) < 4.78 is 27.2. The van der Waals surface area contributed by atoms with Crippen LogP contribution in [0.5, 0.6) is 0 Å². The Bertz CT molecular complexity index is 708. The highest BCUT2D eigenvalue weighted by molar-refractivity contribution is 9.10. The summed E-state index contributed by atoms with van der Waals surface area (Å²) in [4.78, 5) is 3.92. The van der Waals surface area contributed by atoms with E-state index in [1.165, 1.54) is 17.8 Å².